The third kappa shape index (κ3) is 5.11. The summed E-state index contributed by atoms with van der Waals surface area (Å²) < 4.78 is 0. The summed E-state index contributed by atoms with van der Waals surface area (Å²) in [5, 5.41) is 14.9. The molecule has 1 aromatic heterocycles. The van der Waals surface area contributed by atoms with Crippen LogP contribution in [0.5, 0.6) is 0 Å². The lowest BCUT2D eigenvalue weighted by Crippen LogP contribution is -2.52. The first-order valence-corrected chi connectivity index (χ1v) is 7.78. The zero-order chi connectivity index (χ0) is 15.8. The molecule has 1 atom stereocenters. The zero-order valence-corrected chi connectivity index (χ0v) is 12.6. The second kappa shape index (κ2) is 8.48. The lowest BCUT2D eigenvalue weighted by molar-refractivity contribution is -0.130. The molecule has 1 fully saturated rings. The van der Waals surface area contributed by atoms with Gasteiger partial charge in [-0.2, -0.15) is 0 Å². The van der Waals surface area contributed by atoms with Crippen molar-refractivity contribution in [2.45, 2.75) is 50.6 Å². The van der Waals surface area contributed by atoms with Crippen LogP contribution in [0.15, 0.2) is 24.5 Å². The number of nitrogens with zero attached hydrogens (tertiary/aromatic N) is 1. The van der Waals surface area contributed by atoms with Crippen molar-refractivity contribution >= 4 is 11.8 Å². The molecule has 120 valence electrons. The van der Waals surface area contributed by atoms with Crippen LogP contribution in [0.2, 0.25) is 0 Å². The molecule has 0 saturated heterocycles. The lowest BCUT2D eigenvalue weighted by atomic mass is 9.95. The average molecular weight is 305 g/mol. The Hall–Kier alpha value is -1.95. The predicted molar refractivity (Wildman–Crippen MR) is 82.0 cm³/mol. The number of amides is 2. The van der Waals surface area contributed by atoms with E-state index < -0.39 is 12.6 Å². The van der Waals surface area contributed by atoms with Crippen LogP contribution in [0.4, 0.5) is 0 Å². The molecular formula is C16H23N3O3. The van der Waals surface area contributed by atoms with Gasteiger partial charge in [0.1, 0.15) is 6.04 Å². The number of aromatic nitrogens is 1. The molecule has 0 aliphatic heterocycles. The summed E-state index contributed by atoms with van der Waals surface area (Å²) in [6.45, 7) is -0.402. The minimum atomic E-state index is -0.892. The van der Waals surface area contributed by atoms with E-state index in [0.29, 0.717) is 0 Å². The molecule has 6 heteroatoms. The van der Waals surface area contributed by atoms with Crippen molar-refractivity contribution < 1.29 is 14.7 Å². The Labute approximate surface area is 130 Å². The fraction of sp³-hybridized carbons (Fsp3) is 0.562. The number of rotatable bonds is 6. The maximum atomic E-state index is 12.1. The highest BCUT2D eigenvalue weighted by molar-refractivity contribution is 5.88. The largest absolute Gasteiger partial charge is 0.394 e. The SMILES string of the molecule is O=C(Cc1ccncc1)NC(CO)C(=O)NC1CCCCC1. The Bertz CT molecular complexity index is 487. The third-order valence-corrected chi connectivity index (χ3v) is 3.90. The zero-order valence-electron chi connectivity index (χ0n) is 12.6. The van der Waals surface area contributed by atoms with E-state index >= 15 is 0 Å². The maximum absolute atomic E-state index is 12.1. The molecule has 0 bridgehead atoms. The fourth-order valence-electron chi connectivity index (χ4n) is 2.67. The van der Waals surface area contributed by atoms with E-state index in [2.05, 4.69) is 15.6 Å². The maximum Gasteiger partial charge on any atom is 0.245 e. The van der Waals surface area contributed by atoms with Crippen molar-refractivity contribution in [2.24, 2.45) is 0 Å². The topological polar surface area (TPSA) is 91.3 Å². The van der Waals surface area contributed by atoms with E-state index in [4.69, 9.17) is 0 Å². The van der Waals surface area contributed by atoms with Crippen LogP contribution in [0.3, 0.4) is 0 Å². The van der Waals surface area contributed by atoms with Gasteiger partial charge in [0.05, 0.1) is 13.0 Å². The van der Waals surface area contributed by atoms with Crippen LogP contribution >= 0.6 is 0 Å². The molecule has 1 heterocycles. The lowest BCUT2D eigenvalue weighted by Gasteiger charge is -2.25. The normalized spacial score (nSPS) is 16.8. The van der Waals surface area contributed by atoms with Crippen LogP contribution in [0, 0.1) is 0 Å². The molecule has 3 N–H and O–H groups in total. The number of aliphatic hydroxyl groups is 1. The Morgan fingerprint density at radius 3 is 2.55 bits per heavy atom. The number of carbonyl (C=O) groups is 2. The highest BCUT2D eigenvalue weighted by atomic mass is 16.3. The van der Waals surface area contributed by atoms with Gasteiger partial charge in [0, 0.05) is 18.4 Å². The van der Waals surface area contributed by atoms with Crippen molar-refractivity contribution in [2.75, 3.05) is 6.61 Å². The van der Waals surface area contributed by atoms with Crippen molar-refractivity contribution in [3.05, 3.63) is 30.1 Å². The molecule has 2 amide bonds. The summed E-state index contributed by atoms with van der Waals surface area (Å²) in [6, 6.07) is 2.76. The van der Waals surface area contributed by atoms with E-state index in [1.54, 1.807) is 24.5 Å². The third-order valence-electron chi connectivity index (χ3n) is 3.90. The molecule has 6 nitrogen and oxygen atoms in total. The number of hydrogen-bond donors (Lipinski definition) is 3. The van der Waals surface area contributed by atoms with Gasteiger partial charge in [-0.3, -0.25) is 14.6 Å². The van der Waals surface area contributed by atoms with Gasteiger partial charge < -0.3 is 15.7 Å². The Morgan fingerprint density at radius 1 is 1.23 bits per heavy atom. The Morgan fingerprint density at radius 2 is 1.91 bits per heavy atom. The van der Waals surface area contributed by atoms with Gasteiger partial charge in [0.15, 0.2) is 0 Å². The summed E-state index contributed by atoms with van der Waals surface area (Å²) in [5.74, 6) is -0.596. The minimum Gasteiger partial charge on any atom is -0.394 e. The standard InChI is InChI=1S/C16H23N3O3/c20-11-14(16(22)18-13-4-2-1-3-5-13)19-15(21)10-12-6-8-17-9-7-12/h6-9,13-14,20H,1-5,10-11H2,(H,18,22)(H,19,21). The first-order valence-electron chi connectivity index (χ1n) is 7.78. The highest BCUT2D eigenvalue weighted by Crippen LogP contribution is 2.17. The van der Waals surface area contributed by atoms with Gasteiger partial charge in [-0.25, -0.2) is 0 Å². The van der Waals surface area contributed by atoms with E-state index in [9.17, 15) is 14.7 Å². The number of aliphatic hydroxyl groups excluding tert-OH is 1. The molecule has 1 aliphatic rings. The van der Waals surface area contributed by atoms with Crippen molar-refractivity contribution in [3.8, 4) is 0 Å². The smallest absolute Gasteiger partial charge is 0.245 e. The van der Waals surface area contributed by atoms with Crippen molar-refractivity contribution in [1.82, 2.24) is 15.6 Å². The minimum absolute atomic E-state index is 0.160. The van der Waals surface area contributed by atoms with E-state index in [0.717, 1.165) is 31.2 Å². The van der Waals surface area contributed by atoms with E-state index in [1.165, 1.54) is 6.42 Å². The number of nitrogens with one attached hydrogen (secondary N) is 2. The summed E-state index contributed by atoms with van der Waals surface area (Å²) in [6.07, 6.45) is 8.76. The van der Waals surface area contributed by atoms with Crippen molar-refractivity contribution in [1.29, 1.82) is 0 Å². The molecule has 0 aromatic carbocycles. The van der Waals surface area contributed by atoms with E-state index in [1.807, 2.05) is 0 Å². The van der Waals surface area contributed by atoms with Crippen LogP contribution < -0.4 is 10.6 Å². The van der Waals surface area contributed by atoms with Gasteiger partial charge in [-0.1, -0.05) is 19.3 Å². The fourth-order valence-corrected chi connectivity index (χ4v) is 2.67. The Balaban J connectivity index is 1.82. The number of hydrogen-bond acceptors (Lipinski definition) is 4. The van der Waals surface area contributed by atoms with Crippen LogP contribution in [0.1, 0.15) is 37.7 Å². The van der Waals surface area contributed by atoms with E-state index in [-0.39, 0.29) is 24.3 Å². The molecule has 1 aliphatic carbocycles. The van der Waals surface area contributed by atoms with Gasteiger partial charge in [0.25, 0.3) is 0 Å². The molecule has 1 aromatic rings. The number of pyridine rings is 1. The van der Waals surface area contributed by atoms with Gasteiger partial charge in [-0.05, 0) is 30.5 Å². The monoisotopic (exact) mass is 305 g/mol. The first kappa shape index (κ1) is 16.4. The molecule has 2 rings (SSSR count). The van der Waals surface area contributed by atoms with Crippen LogP contribution in [-0.2, 0) is 16.0 Å². The van der Waals surface area contributed by atoms with Gasteiger partial charge in [-0.15, -0.1) is 0 Å². The second-order valence-corrected chi connectivity index (χ2v) is 5.68. The molecule has 0 spiro atoms. The van der Waals surface area contributed by atoms with Crippen molar-refractivity contribution in [3.63, 3.8) is 0 Å². The second-order valence-electron chi connectivity index (χ2n) is 5.68. The highest BCUT2D eigenvalue weighted by Gasteiger charge is 2.23. The van der Waals surface area contributed by atoms with Crippen LogP contribution in [-0.4, -0.2) is 40.6 Å². The molecule has 1 unspecified atom stereocenters. The molecule has 1 saturated carbocycles. The average Bonchev–Trinajstić information content (AvgIpc) is 2.54. The van der Waals surface area contributed by atoms with Gasteiger partial charge >= 0.3 is 0 Å². The summed E-state index contributed by atoms with van der Waals surface area (Å²) in [5.41, 5.74) is 0.817. The quantitative estimate of drug-likeness (QED) is 0.716. The molecule has 0 radical (unpaired) electrons. The first-order chi connectivity index (χ1) is 10.7. The van der Waals surface area contributed by atoms with Gasteiger partial charge in [0.2, 0.25) is 11.8 Å². The number of carbonyl (C=O) groups excluding carboxylic acids is 2. The molecular weight excluding hydrogens is 282 g/mol. The Kier molecular flexibility index (Phi) is 6.33. The predicted octanol–water partition coefficient (Wildman–Crippen LogP) is 0.550. The molecule has 22 heavy (non-hydrogen) atoms. The van der Waals surface area contributed by atoms with Crippen LogP contribution in [0.25, 0.3) is 0 Å². The summed E-state index contributed by atoms with van der Waals surface area (Å²) in [4.78, 5) is 28.0. The summed E-state index contributed by atoms with van der Waals surface area (Å²) in [7, 11) is 0. The summed E-state index contributed by atoms with van der Waals surface area (Å²) >= 11 is 0.